The number of benzene rings is 3. The molecule has 2 N–H and O–H groups in total. The van der Waals surface area contributed by atoms with Gasteiger partial charge in [-0.2, -0.15) is 0 Å². The van der Waals surface area contributed by atoms with Gasteiger partial charge in [0, 0.05) is 15.7 Å². The van der Waals surface area contributed by atoms with Crippen LogP contribution >= 0.6 is 15.9 Å². The normalized spacial score (nSPS) is 14.8. The monoisotopic (exact) mass is 507 g/mol. The largest absolute Gasteiger partial charge is 0.494 e. The van der Waals surface area contributed by atoms with Gasteiger partial charge in [-0.1, -0.05) is 28.1 Å². The van der Waals surface area contributed by atoms with Crippen molar-refractivity contribution in [2.75, 3.05) is 22.1 Å². The highest BCUT2D eigenvalue weighted by molar-refractivity contribution is 9.10. The van der Waals surface area contributed by atoms with Crippen LogP contribution in [0.3, 0.4) is 0 Å². The van der Waals surface area contributed by atoms with Crippen LogP contribution in [0, 0.1) is 0 Å². The van der Waals surface area contributed by atoms with Gasteiger partial charge in [-0.25, -0.2) is 0 Å². The summed E-state index contributed by atoms with van der Waals surface area (Å²) in [6.07, 6.45) is -0.199. The molecule has 0 spiro atoms. The summed E-state index contributed by atoms with van der Waals surface area (Å²) in [5, 5.41) is 5.60. The Balaban J connectivity index is 1.59. The maximum absolute atomic E-state index is 13.5. The lowest BCUT2D eigenvalue weighted by atomic mass is 10.0. The molecule has 0 unspecified atom stereocenters. The Morgan fingerprint density at radius 1 is 1.03 bits per heavy atom. The molecule has 0 bridgehead atoms. The first-order valence-electron chi connectivity index (χ1n) is 10.5. The number of hydrogen-bond acceptors (Lipinski definition) is 4. The summed E-state index contributed by atoms with van der Waals surface area (Å²) in [4.78, 5) is 40.6. The van der Waals surface area contributed by atoms with Gasteiger partial charge in [0.2, 0.25) is 11.8 Å². The van der Waals surface area contributed by atoms with E-state index in [-0.39, 0.29) is 18.2 Å². The third-order valence-corrected chi connectivity index (χ3v) is 5.70. The highest BCUT2D eigenvalue weighted by Gasteiger charge is 2.38. The Bertz CT molecular complexity index is 1180. The Labute approximate surface area is 199 Å². The highest BCUT2D eigenvalue weighted by atomic mass is 79.9. The molecule has 0 aliphatic carbocycles. The maximum atomic E-state index is 13.5. The van der Waals surface area contributed by atoms with Gasteiger partial charge in [-0.05, 0) is 67.6 Å². The van der Waals surface area contributed by atoms with Crippen LogP contribution in [-0.4, -0.2) is 30.4 Å². The lowest BCUT2D eigenvalue weighted by Crippen LogP contribution is -2.52. The fourth-order valence-corrected chi connectivity index (χ4v) is 3.91. The van der Waals surface area contributed by atoms with Crippen molar-refractivity contribution in [3.63, 3.8) is 0 Å². The lowest BCUT2D eigenvalue weighted by molar-refractivity contribution is -0.122. The number of fused-ring (bicyclic) bond motifs is 1. The molecule has 1 aliphatic rings. The zero-order valence-electron chi connectivity index (χ0n) is 17.9. The summed E-state index contributed by atoms with van der Waals surface area (Å²) in [6, 6.07) is 19.9. The van der Waals surface area contributed by atoms with Gasteiger partial charge in [0.15, 0.2) is 0 Å². The predicted octanol–water partition coefficient (Wildman–Crippen LogP) is 4.84. The molecule has 7 nitrogen and oxygen atoms in total. The standard InChI is InChI=1S/C25H22BrN3O4/c1-2-33-19-13-11-18(12-14-19)27-23(30)15-22-24(31)28-20-5-3-4-6-21(20)29(22)25(32)16-7-9-17(26)10-8-16/h3-14,22H,2,15H2,1H3,(H,27,30)(H,28,31)/t22-/m1/s1. The molecule has 0 saturated heterocycles. The number of ether oxygens (including phenoxy) is 1. The van der Waals surface area contributed by atoms with E-state index >= 15 is 0 Å². The van der Waals surface area contributed by atoms with E-state index in [2.05, 4.69) is 26.6 Å². The van der Waals surface area contributed by atoms with E-state index in [1.54, 1.807) is 72.8 Å². The molecular formula is C25H22BrN3O4. The number of anilines is 3. The number of rotatable bonds is 6. The minimum atomic E-state index is -1.00. The average Bonchev–Trinajstić information content (AvgIpc) is 2.81. The summed E-state index contributed by atoms with van der Waals surface area (Å²) in [6.45, 7) is 2.44. The molecule has 8 heteroatoms. The van der Waals surface area contributed by atoms with E-state index in [0.29, 0.717) is 35.0 Å². The van der Waals surface area contributed by atoms with Crippen molar-refractivity contribution in [1.82, 2.24) is 0 Å². The van der Waals surface area contributed by atoms with Gasteiger partial charge in [0.25, 0.3) is 5.91 Å². The van der Waals surface area contributed by atoms with E-state index in [9.17, 15) is 14.4 Å². The summed E-state index contributed by atoms with van der Waals surface area (Å²) in [7, 11) is 0. The van der Waals surface area contributed by atoms with Crippen LogP contribution in [0.4, 0.5) is 17.1 Å². The molecule has 33 heavy (non-hydrogen) atoms. The van der Waals surface area contributed by atoms with Crippen molar-refractivity contribution >= 4 is 50.7 Å². The van der Waals surface area contributed by atoms with Crippen LogP contribution in [-0.2, 0) is 9.59 Å². The molecule has 168 valence electrons. The van der Waals surface area contributed by atoms with Crippen molar-refractivity contribution in [3.05, 3.63) is 82.8 Å². The van der Waals surface area contributed by atoms with Gasteiger partial charge >= 0.3 is 0 Å². The van der Waals surface area contributed by atoms with Gasteiger partial charge in [-0.3, -0.25) is 19.3 Å². The minimum Gasteiger partial charge on any atom is -0.494 e. The second-order valence-electron chi connectivity index (χ2n) is 7.41. The number of halogens is 1. The van der Waals surface area contributed by atoms with Crippen LogP contribution in [0.2, 0.25) is 0 Å². The van der Waals surface area contributed by atoms with Crippen LogP contribution in [0.5, 0.6) is 5.75 Å². The second-order valence-corrected chi connectivity index (χ2v) is 8.33. The molecule has 0 saturated carbocycles. The van der Waals surface area contributed by atoms with Crippen LogP contribution in [0.15, 0.2) is 77.3 Å². The summed E-state index contributed by atoms with van der Waals surface area (Å²) < 4.78 is 6.25. The topological polar surface area (TPSA) is 87.7 Å². The number of carbonyl (C=O) groups is 3. The zero-order chi connectivity index (χ0) is 23.4. The predicted molar refractivity (Wildman–Crippen MR) is 131 cm³/mol. The molecule has 3 amide bonds. The number of hydrogen-bond donors (Lipinski definition) is 2. The van der Waals surface area contributed by atoms with Gasteiger partial charge < -0.3 is 15.4 Å². The summed E-state index contributed by atoms with van der Waals surface area (Å²) in [5.74, 6) is -0.456. The molecule has 3 aromatic carbocycles. The van der Waals surface area contributed by atoms with Gasteiger partial charge in [-0.15, -0.1) is 0 Å². The van der Waals surface area contributed by atoms with Gasteiger partial charge in [0.05, 0.1) is 24.4 Å². The van der Waals surface area contributed by atoms with Crippen molar-refractivity contribution in [2.24, 2.45) is 0 Å². The van der Waals surface area contributed by atoms with Crippen molar-refractivity contribution in [3.8, 4) is 5.75 Å². The first kappa shape index (κ1) is 22.5. The van der Waals surface area contributed by atoms with E-state index in [1.807, 2.05) is 6.92 Å². The Morgan fingerprint density at radius 3 is 2.42 bits per heavy atom. The number of nitrogens with zero attached hydrogens (tertiary/aromatic N) is 1. The molecule has 4 rings (SSSR count). The Kier molecular flexibility index (Phi) is 6.74. The number of nitrogens with one attached hydrogen (secondary N) is 2. The van der Waals surface area contributed by atoms with Crippen LogP contribution in [0.25, 0.3) is 0 Å². The Morgan fingerprint density at radius 2 is 1.73 bits per heavy atom. The van der Waals surface area contributed by atoms with Crippen LogP contribution < -0.4 is 20.3 Å². The number of carbonyl (C=O) groups excluding carboxylic acids is 3. The fraction of sp³-hybridized carbons (Fsp3) is 0.160. The minimum absolute atomic E-state index is 0.199. The van der Waals surface area contributed by atoms with Crippen molar-refractivity contribution in [1.29, 1.82) is 0 Å². The van der Waals surface area contributed by atoms with E-state index in [4.69, 9.17) is 4.74 Å². The smallest absolute Gasteiger partial charge is 0.259 e. The molecule has 1 heterocycles. The lowest BCUT2D eigenvalue weighted by Gasteiger charge is -2.36. The second kappa shape index (κ2) is 9.87. The fourth-order valence-electron chi connectivity index (χ4n) is 3.65. The average molecular weight is 508 g/mol. The van der Waals surface area contributed by atoms with Crippen molar-refractivity contribution < 1.29 is 19.1 Å². The Hall–Kier alpha value is -3.65. The molecule has 0 radical (unpaired) electrons. The number of para-hydroxylation sites is 2. The molecule has 0 aromatic heterocycles. The first-order chi connectivity index (χ1) is 16.0. The van der Waals surface area contributed by atoms with E-state index in [1.165, 1.54) is 4.90 Å². The number of amides is 3. The molecule has 0 fully saturated rings. The summed E-state index contributed by atoms with van der Waals surface area (Å²) in [5.41, 5.74) is 2.06. The third-order valence-electron chi connectivity index (χ3n) is 5.17. The first-order valence-corrected chi connectivity index (χ1v) is 11.3. The molecular weight excluding hydrogens is 486 g/mol. The van der Waals surface area contributed by atoms with Crippen molar-refractivity contribution in [2.45, 2.75) is 19.4 Å². The molecule has 1 atom stereocenters. The van der Waals surface area contributed by atoms with E-state index < -0.39 is 11.9 Å². The molecule has 1 aliphatic heterocycles. The third kappa shape index (κ3) is 5.06. The highest BCUT2D eigenvalue weighted by Crippen LogP contribution is 2.34. The zero-order valence-corrected chi connectivity index (χ0v) is 19.5. The SMILES string of the molecule is CCOc1ccc(NC(=O)C[C@@H]2C(=O)Nc3ccccc3N2C(=O)c2ccc(Br)cc2)cc1. The molecule has 3 aromatic rings. The van der Waals surface area contributed by atoms with Crippen LogP contribution in [0.1, 0.15) is 23.7 Å². The van der Waals surface area contributed by atoms with Gasteiger partial charge in [0.1, 0.15) is 11.8 Å². The van der Waals surface area contributed by atoms with E-state index in [0.717, 1.165) is 4.47 Å². The maximum Gasteiger partial charge on any atom is 0.259 e. The quantitative estimate of drug-likeness (QED) is 0.499. The summed E-state index contributed by atoms with van der Waals surface area (Å²) >= 11 is 3.37.